The SMILES string of the molecule is CCSC(CO)/C(S)=C(\C)N(C=O)Cc1cnc(C)nc1N. The molecule has 1 amide bonds. The van der Waals surface area contributed by atoms with Gasteiger partial charge in [-0.15, -0.1) is 12.6 Å². The molecule has 0 saturated carbocycles. The summed E-state index contributed by atoms with van der Waals surface area (Å²) in [6, 6.07) is 0. The average Bonchev–Trinajstić information content (AvgIpc) is 2.50. The average molecular weight is 342 g/mol. The first-order chi connectivity index (χ1) is 10.4. The van der Waals surface area contributed by atoms with Crippen molar-refractivity contribution in [3.63, 3.8) is 0 Å². The van der Waals surface area contributed by atoms with Crippen LogP contribution in [0.5, 0.6) is 0 Å². The van der Waals surface area contributed by atoms with Gasteiger partial charge in [-0.05, 0) is 19.6 Å². The first-order valence-corrected chi connectivity index (χ1v) is 8.36. The summed E-state index contributed by atoms with van der Waals surface area (Å²) in [4.78, 5) is 21.8. The lowest BCUT2D eigenvalue weighted by Crippen LogP contribution is -2.24. The van der Waals surface area contributed by atoms with Crippen LogP contribution in [0.25, 0.3) is 0 Å². The first kappa shape index (κ1) is 18.8. The number of hydrogen-bond acceptors (Lipinski definition) is 7. The molecule has 22 heavy (non-hydrogen) atoms. The van der Waals surface area contributed by atoms with Crippen molar-refractivity contribution in [1.82, 2.24) is 14.9 Å². The number of aromatic nitrogens is 2. The molecule has 6 nitrogen and oxygen atoms in total. The second kappa shape index (κ2) is 9.02. The number of allylic oxidation sites excluding steroid dienone is 1. The normalized spacial score (nSPS) is 13.5. The molecule has 1 aromatic heterocycles. The van der Waals surface area contributed by atoms with Crippen molar-refractivity contribution >= 4 is 36.6 Å². The Morgan fingerprint density at radius 1 is 1.64 bits per heavy atom. The number of thiol groups is 1. The van der Waals surface area contributed by atoms with Gasteiger partial charge in [0.15, 0.2) is 0 Å². The van der Waals surface area contributed by atoms with Gasteiger partial charge in [0.25, 0.3) is 0 Å². The van der Waals surface area contributed by atoms with Crippen molar-refractivity contribution < 1.29 is 9.90 Å². The van der Waals surface area contributed by atoms with Crippen molar-refractivity contribution in [3.05, 3.63) is 28.2 Å². The van der Waals surface area contributed by atoms with Gasteiger partial charge in [0.05, 0.1) is 18.4 Å². The number of rotatable bonds is 8. The fraction of sp³-hybridized carbons (Fsp3) is 0.500. The molecule has 0 aliphatic heterocycles. The predicted octanol–water partition coefficient (Wildman–Crippen LogP) is 1.60. The van der Waals surface area contributed by atoms with Gasteiger partial charge >= 0.3 is 0 Å². The van der Waals surface area contributed by atoms with Crippen molar-refractivity contribution in [2.45, 2.75) is 32.6 Å². The zero-order valence-electron chi connectivity index (χ0n) is 13.0. The standard InChI is InChI=1S/C14H22N4O2S2/c1-4-22-12(7-19)13(21)9(2)18(8-20)6-11-5-16-10(3)17-14(11)15/h5,8,12,19,21H,4,6-7H2,1-3H3,(H2,15,16,17)/b13-9-. The fourth-order valence-electron chi connectivity index (χ4n) is 1.85. The molecule has 1 aromatic rings. The van der Waals surface area contributed by atoms with Gasteiger partial charge in [-0.3, -0.25) is 4.79 Å². The maximum Gasteiger partial charge on any atom is 0.214 e. The van der Waals surface area contributed by atoms with Crippen LogP contribution < -0.4 is 5.73 Å². The topological polar surface area (TPSA) is 92.3 Å². The lowest BCUT2D eigenvalue weighted by Gasteiger charge is -2.23. The van der Waals surface area contributed by atoms with E-state index in [1.807, 2.05) is 6.92 Å². The first-order valence-electron chi connectivity index (χ1n) is 6.86. The van der Waals surface area contributed by atoms with Crippen LogP contribution in [0.2, 0.25) is 0 Å². The molecular weight excluding hydrogens is 320 g/mol. The van der Waals surface area contributed by atoms with E-state index in [0.717, 1.165) is 12.2 Å². The maximum absolute atomic E-state index is 11.4. The molecule has 8 heteroatoms. The highest BCUT2D eigenvalue weighted by Gasteiger charge is 2.17. The minimum absolute atomic E-state index is 0.0306. The van der Waals surface area contributed by atoms with Crippen LogP contribution in [0.15, 0.2) is 16.8 Å². The van der Waals surface area contributed by atoms with Gasteiger partial charge in [0.2, 0.25) is 6.41 Å². The number of carbonyl (C=O) groups excluding carboxylic acids is 1. The lowest BCUT2D eigenvalue weighted by molar-refractivity contribution is -0.116. The van der Waals surface area contributed by atoms with E-state index in [4.69, 9.17) is 5.73 Å². The molecule has 0 aromatic carbocycles. The van der Waals surface area contributed by atoms with Crippen LogP contribution in [0.4, 0.5) is 5.82 Å². The minimum Gasteiger partial charge on any atom is -0.395 e. The molecule has 0 spiro atoms. The molecule has 1 heterocycles. The molecule has 0 radical (unpaired) electrons. The number of anilines is 1. The number of hydrogen-bond donors (Lipinski definition) is 3. The predicted molar refractivity (Wildman–Crippen MR) is 93.5 cm³/mol. The van der Waals surface area contributed by atoms with Gasteiger partial charge in [-0.1, -0.05) is 6.92 Å². The van der Waals surface area contributed by atoms with E-state index in [0.29, 0.717) is 27.8 Å². The van der Waals surface area contributed by atoms with E-state index in [1.165, 1.54) is 4.90 Å². The summed E-state index contributed by atoms with van der Waals surface area (Å²) in [5.74, 6) is 1.79. The van der Waals surface area contributed by atoms with Crippen LogP contribution in [-0.2, 0) is 11.3 Å². The highest BCUT2D eigenvalue weighted by molar-refractivity contribution is 8.01. The Labute approximate surface area is 140 Å². The summed E-state index contributed by atoms with van der Waals surface area (Å²) in [6.45, 7) is 5.78. The number of aliphatic hydroxyl groups is 1. The third-order valence-electron chi connectivity index (χ3n) is 3.13. The molecule has 0 aliphatic rings. The smallest absolute Gasteiger partial charge is 0.214 e. The van der Waals surface area contributed by atoms with Crippen LogP contribution >= 0.6 is 24.4 Å². The molecule has 0 fully saturated rings. The highest BCUT2D eigenvalue weighted by Crippen LogP contribution is 2.26. The van der Waals surface area contributed by atoms with E-state index in [-0.39, 0.29) is 18.4 Å². The Balaban J connectivity index is 3.01. The number of aryl methyl sites for hydroxylation is 1. The quantitative estimate of drug-likeness (QED) is 0.491. The monoisotopic (exact) mass is 342 g/mol. The minimum atomic E-state index is -0.151. The molecule has 0 bridgehead atoms. The summed E-state index contributed by atoms with van der Waals surface area (Å²) in [7, 11) is 0. The number of nitrogens with zero attached hydrogens (tertiary/aromatic N) is 3. The molecule has 0 aliphatic carbocycles. The zero-order chi connectivity index (χ0) is 16.7. The molecule has 1 rings (SSSR count). The van der Waals surface area contributed by atoms with E-state index < -0.39 is 0 Å². The Bertz CT molecular complexity index is 552. The third-order valence-corrected chi connectivity index (χ3v) is 5.06. The maximum atomic E-state index is 11.4. The van der Waals surface area contributed by atoms with E-state index in [2.05, 4.69) is 22.6 Å². The van der Waals surface area contributed by atoms with Gasteiger partial charge in [-0.25, -0.2) is 9.97 Å². The highest BCUT2D eigenvalue weighted by atomic mass is 32.2. The second-order valence-corrected chi connectivity index (χ2v) is 6.62. The number of thioether (sulfide) groups is 1. The van der Waals surface area contributed by atoms with Crippen molar-refractivity contribution in [2.75, 3.05) is 18.1 Å². The van der Waals surface area contributed by atoms with Crippen molar-refractivity contribution in [3.8, 4) is 0 Å². The number of aliphatic hydroxyl groups excluding tert-OH is 1. The van der Waals surface area contributed by atoms with Crippen LogP contribution in [0.1, 0.15) is 25.2 Å². The van der Waals surface area contributed by atoms with Gasteiger partial charge in [-0.2, -0.15) is 11.8 Å². The van der Waals surface area contributed by atoms with Crippen LogP contribution in [-0.4, -0.2) is 44.0 Å². The Kier molecular flexibility index (Phi) is 7.70. The summed E-state index contributed by atoms with van der Waals surface area (Å²) < 4.78 is 0. The molecule has 3 N–H and O–H groups in total. The Hall–Kier alpha value is -1.25. The number of carbonyl (C=O) groups is 1. The summed E-state index contributed by atoms with van der Waals surface area (Å²) in [5.41, 5.74) is 7.21. The molecule has 1 unspecified atom stereocenters. The Morgan fingerprint density at radius 3 is 2.82 bits per heavy atom. The van der Waals surface area contributed by atoms with Crippen molar-refractivity contribution in [2.24, 2.45) is 0 Å². The van der Waals surface area contributed by atoms with Crippen molar-refractivity contribution in [1.29, 1.82) is 0 Å². The number of nitrogens with two attached hydrogens (primary N) is 1. The summed E-state index contributed by atoms with van der Waals surface area (Å²) in [5, 5.41) is 9.29. The third kappa shape index (κ3) is 4.89. The molecular formula is C14H22N4O2S2. The van der Waals surface area contributed by atoms with Crippen LogP contribution in [0, 0.1) is 6.92 Å². The van der Waals surface area contributed by atoms with Crippen LogP contribution in [0.3, 0.4) is 0 Å². The summed E-state index contributed by atoms with van der Waals surface area (Å²) >= 11 is 6.05. The zero-order valence-corrected chi connectivity index (χ0v) is 14.7. The summed E-state index contributed by atoms with van der Waals surface area (Å²) in [6.07, 6.45) is 2.33. The number of amides is 1. The van der Waals surface area contributed by atoms with Gasteiger partial charge < -0.3 is 15.7 Å². The molecule has 0 saturated heterocycles. The van der Waals surface area contributed by atoms with E-state index in [9.17, 15) is 9.90 Å². The van der Waals surface area contributed by atoms with Gasteiger partial charge in [0, 0.05) is 22.4 Å². The Morgan fingerprint density at radius 2 is 2.32 bits per heavy atom. The fourth-order valence-corrected chi connectivity index (χ4v) is 3.12. The molecule has 122 valence electrons. The second-order valence-electron chi connectivity index (χ2n) is 4.66. The lowest BCUT2D eigenvalue weighted by atomic mass is 10.2. The van der Waals surface area contributed by atoms with Gasteiger partial charge in [0.1, 0.15) is 11.6 Å². The van der Waals surface area contributed by atoms with E-state index >= 15 is 0 Å². The largest absolute Gasteiger partial charge is 0.395 e. The van der Waals surface area contributed by atoms with E-state index in [1.54, 1.807) is 31.8 Å². The molecule has 1 atom stereocenters. The number of nitrogen functional groups attached to an aromatic ring is 1.